The standard InChI is InChI=1S/C21H27N3O3/c1-26-13-14-27-19-12-11-18(15-22-19)23-21(25)24-20(17-9-5-6-10-17)16-7-3-2-4-8-16/h2-4,7-8,11-12,15,17,20H,5-6,9-10,13-14H2,1H3,(H2,23,24,25)/t20-/m1/s1. The van der Waals surface area contributed by atoms with Crippen molar-refractivity contribution in [3.05, 3.63) is 54.2 Å². The minimum Gasteiger partial charge on any atom is -0.475 e. The summed E-state index contributed by atoms with van der Waals surface area (Å²) in [4.78, 5) is 16.7. The summed E-state index contributed by atoms with van der Waals surface area (Å²) in [5.74, 6) is 0.985. The van der Waals surface area contributed by atoms with Crippen molar-refractivity contribution < 1.29 is 14.3 Å². The predicted molar refractivity (Wildman–Crippen MR) is 105 cm³/mol. The van der Waals surface area contributed by atoms with Crippen LogP contribution < -0.4 is 15.4 Å². The van der Waals surface area contributed by atoms with Crippen LogP contribution in [-0.2, 0) is 4.74 Å². The van der Waals surface area contributed by atoms with Gasteiger partial charge in [0.25, 0.3) is 0 Å². The average Bonchev–Trinajstić information content (AvgIpc) is 3.23. The van der Waals surface area contributed by atoms with Crippen LogP contribution in [0.15, 0.2) is 48.7 Å². The number of amides is 2. The molecule has 1 aliphatic rings. The van der Waals surface area contributed by atoms with Gasteiger partial charge in [0.15, 0.2) is 0 Å². The van der Waals surface area contributed by atoms with Crippen molar-refractivity contribution in [1.82, 2.24) is 10.3 Å². The lowest BCUT2D eigenvalue weighted by atomic mass is 9.92. The number of rotatable bonds is 8. The van der Waals surface area contributed by atoms with E-state index < -0.39 is 0 Å². The number of nitrogens with zero attached hydrogens (tertiary/aromatic N) is 1. The second-order valence-corrected chi connectivity index (χ2v) is 6.76. The number of hydrogen-bond acceptors (Lipinski definition) is 4. The second kappa shape index (κ2) is 9.92. The van der Waals surface area contributed by atoms with E-state index in [4.69, 9.17) is 9.47 Å². The number of aromatic nitrogens is 1. The highest BCUT2D eigenvalue weighted by molar-refractivity contribution is 5.89. The van der Waals surface area contributed by atoms with Gasteiger partial charge in [0.2, 0.25) is 5.88 Å². The highest BCUT2D eigenvalue weighted by Gasteiger charge is 2.27. The molecular formula is C21H27N3O3. The van der Waals surface area contributed by atoms with Crippen molar-refractivity contribution in [2.75, 3.05) is 25.6 Å². The van der Waals surface area contributed by atoms with Crippen LogP contribution >= 0.6 is 0 Å². The second-order valence-electron chi connectivity index (χ2n) is 6.76. The largest absolute Gasteiger partial charge is 0.475 e. The molecule has 2 N–H and O–H groups in total. The van der Waals surface area contributed by atoms with Crippen molar-refractivity contribution in [3.63, 3.8) is 0 Å². The van der Waals surface area contributed by atoms with Gasteiger partial charge in [-0.2, -0.15) is 0 Å². The number of carbonyl (C=O) groups excluding carboxylic acids is 1. The van der Waals surface area contributed by atoms with Crippen LogP contribution in [0, 0.1) is 5.92 Å². The molecule has 27 heavy (non-hydrogen) atoms. The van der Waals surface area contributed by atoms with E-state index in [0.717, 1.165) is 18.4 Å². The van der Waals surface area contributed by atoms with E-state index >= 15 is 0 Å². The van der Waals surface area contributed by atoms with Crippen molar-refractivity contribution >= 4 is 11.7 Å². The van der Waals surface area contributed by atoms with E-state index in [-0.39, 0.29) is 12.1 Å². The van der Waals surface area contributed by atoms with Crippen LogP contribution in [0.4, 0.5) is 10.5 Å². The first-order valence-corrected chi connectivity index (χ1v) is 9.46. The smallest absolute Gasteiger partial charge is 0.319 e. The van der Waals surface area contributed by atoms with E-state index in [1.54, 1.807) is 25.4 Å². The van der Waals surface area contributed by atoms with E-state index in [1.807, 2.05) is 18.2 Å². The van der Waals surface area contributed by atoms with Gasteiger partial charge in [0, 0.05) is 13.2 Å². The first kappa shape index (κ1) is 19.2. The molecule has 0 spiro atoms. The average molecular weight is 369 g/mol. The third-order valence-corrected chi connectivity index (χ3v) is 4.85. The minimum atomic E-state index is -0.217. The van der Waals surface area contributed by atoms with Gasteiger partial charge in [-0.15, -0.1) is 0 Å². The topological polar surface area (TPSA) is 72.5 Å². The van der Waals surface area contributed by atoms with Crippen LogP contribution in [0.1, 0.15) is 37.3 Å². The summed E-state index contributed by atoms with van der Waals surface area (Å²) < 4.78 is 10.4. The van der Waals surface area contributed by atoms with Crippen LogP contribution in [0.25, 0.3) is 0 Å². The van der Waals surface area contributed by atoms with Gasteiger partial charge in [-0.25, -0.2) is 9.78 Å². The summed E-state index contributed by atoms with van der Waals surface area (Å²) >= 11 is 0. The number of benzene rings is 1. The van der Waals surface area contributed by atoms with Crippen molar-refractivity contribution in [1.29, 1.82) is 0 Å². The predicted octanol–water partition coefficient (Wildman–Crippen LogP) is 4.16. The van der Waals surface area contributed by atoms with Gasteiger partial charge < -0.3 is 20.1 Å². The van der Waals surface area contributed by atoms with E-state index in [2.05, 4.69) is 27.8 Å². The fourth-order valence-corrected chi connectivity index (χ4v) is 3.50. The molecular weight excluding hydrogens is 342 g/mol. The highest BCUT2D eigenvalue weighted by atomic mass is 16.5. The Hall–Kier alpha value is -2.60. The SMILES string of the molecule is COCCOc1ccc(NC(=O)N[C@H](c2ccccc2)C2CCCC2)cn1. The zero-order valence-corrected chi connectivity index (χ0v) is 15.7. The quantitative estimate of drug-likeness (QED) is 0.685. The summed E-state index contributed by atoms with van der Waals surface area (Å²) in [5.41, 5.74) is 1.78. The molecule has 1 aliphatic carbocycles. The monoisotopic (exact) mass is 369 g/mol. The molecule has 2 aromatic rings. The Morgan fingerprint density at radius 2 is 1.93 bits per heavy atom. The molecule has 0 unspecified atom stereocenters. The van der Waals surface area contributed by atoms with Crippen molar-refractivity contribution in [2.45, 2.75) is 31.7 Å². The van der Waals surface area contributed by atoms with Crippen LogP contribution in [0.2, 0.25) is 0 Å². The minimum absolute atomic E-state index is 0.0262. The number of methoxy groups -OCH3 is 1. The molecule has 0 aliphatic heterocycles. The Morgan fingerprint density at radius 3 is 2.59 bits per heavy atom. The Bertz CT molecular complexity index is 700. The molecule has 1 atom stereocenters. The lowest BCUT2D eigenvalue weighted by molar-refractivity contribution is 0.144. The summed E-state index contributed by atoms with van der Waals surface area (Å²) in [7, 11) is 1.62. The molecule has 6 nitrogen and oxygen atoms in total. The summed E-state index contributed by atoms with van der Waals surface area (Å²) in [6.07, 6.45) is 6.34. The van der Waals surface area contributed by atoms with Gasteiger partial charge in [-0.05, 0) is 30.4 Å². The fourth-order valence-electron chi connectivity index (χ4n) is 3.50. The molecule has 1 heterocycles. The van der Waals surface area contributed by atoms with Crippen LogP contribution in [0.5, 0.6) is 5.88 Å². The Balaban J connectivity index is 1.59. The number of urea groups is 1. The molecule has 2 amide bonds. The number of pyridine rings is 1. The van der Waals surface area contributed by atoms with Gasteiger partial charge in [0.1, 0.15) is 6.61 Å². The fraction of sp³-hybridized carbons (Fsp3) is 0.429. The molecule has 0 bridgehead atoms. The maximum Gasteiger partial charge on any atom is 0.319 e. The zero-order chi connectivity index (χ0) is 18.9. The Labute approximate surface area is 160 Å². The van der Waals surface area contributed by atoms with Crippen LogP contribution in [0.3, 0.4) is 0 Å². The van der Waals surface area contributed by atoms with Crippen molar-refractivity contribution in [2.24, 2.45) is 5.92 Å². The first-order valence-electron chi connectivity index (χ1n) is 9.46. The normalized spacial score (nSPS) is 15.3. The number of anilines is 1. The molecule has 144 valence electrons. The molecule has 3 rings (SSSR count). The van der Waals surface area contributed by atoms with E-state index in [1.165, 1.54) is 12.8 Å². The highest BCUT2D eigenvalue weighted by Crippen LogP contribution is 2.35. The molecule has 1 fully saturated rings. The van der Waals surface area contributed by atoms with E-state index in [9.17, 15) is 4.79 Å². The Morgan fingerprint density at radius 1 is 1.15 bits per heavy atom. The number of ether oxygens (including phenoxy) is 2. The lowest BCUT2D eigenvalue weighted by Gasteiger charge is -2.25. The molecule has 1 saturated carbocycles. The first-order chi connectivity index (χ1) is 13.3. The van der Waals surface area contributed by atoms with E-state index in [0.29, 0.717) is 30.7 Å². The molecule has 1 aromatic heterocycles. The number of carbonyl (C=O) groups is 1. The molecule has 0 radical (unpaired) electrons. The third kappa shape index (κ3) is 5.69. The van der Waals surface area contributed by atoms with Gasteiger partial charge in [-0.3, -0.25) is 0 Å². The lowest BCUT2D eigenvalue weighted by Crippen LogP contribution is -2.35. The van der Waals surface area contributed by atoms with Gasteiger partial charge >= 0.3 is 6.03 Å². The molecule has 6 heteroatoms. The summed E-state index contributed by atoms with van der Waals surface area (Å²) in [6.45, 7) is 0.947. The molecule has 1 aromatic carbocycles. The molecule has 0 saturated heterocycles. The van der Waals surface area contributed by atoms with Gasteiger partial charge in [0.05, 0.1) is 24.5 Å². The summed E-state index contributed by atoms with van der Waals surface area (Å²) in [5, 5.41) is 6.02. The summed E-state index contributed by atoms with van der Waals surface area (Å²) in [6, 6.07) is 13.5. The number of hydrogen-bond donors (Lipinski definition) is 2. The van der Waals surface area contributed by atoms with Crippen molar-refractivity contribution in [3.8, 4) is 5.88 Å². The maximum atomic E-state index is 12.6. The number of nitrogens with one attached hydrogen (secondary N) is 2. The zero-order valence-electron chi connectivity index (χ0n) is 15.7. The van der Waals surface area contributed by atoms with Gasteiger partial charge in [-0.1, -0.05) is 43.2 Å². The Kier molecular flexibility index (Phi) is 7.04. The van der Waals surface area contributed by atoms with Crippen LogP contribution in [-0.4, -0.2) is 31.3 Å². The maximum absolute atomic E-state index is 12.6. The third-order valence-electron chi connectivity index (χ3n) is 4.85.